The highest BCUT2D eigenvalue weighted by Crippen LogP contribution is 2.54. The lowest BCUT2D eigenvalue weighted by molar-refractivity contribution is -0.146. The van der Waals surface area contributed by atoms with Crippen molar-refractivity contribution in [2.24, 2.45) is 0 Å². The maximum Gasteiger partial charge on any atom is 0.310 e. The van der Waals surface area contributed by atoms with E-state index in [2.05, 4.69) is 116 Å². The number of phenols is 2. The number of hydrogen-bond acceptors (Lipinski definition) is 7. The van der Waals surface area contributed by atoms with Gasteiger partial charge in [-0.1, -0.05) is 102 Å². The second-order valence-electron chi connectivity index (χ2n) is 20.5. The van der Waals surface area contributed by atoms with Crippen LogP contribution in [0.5, 0.6) is 17.2 Å². The molecule has 2 aromatic rings. The minimum absolute atomic E-state index is 0.0129. The maximum atomic E-state index is 13.1. The van der Waals surface area contributed by atoms with E-state index in [1.54, 1.807) is 6.92 Å². The molecule has 1 aliphatic heterocycles. The smallest absolute Gasteiger partial charge is 0.310 e. The molecule has 7 heteroatoms. The van der Waals surface area contributed by atoms with Crippen LogP contribution in [0.2, 0.25) is 0 Å². The van der Waals surface area contributed by atoms with Crippen LogP contribution in [0.3, 0.4) is 0 Å². The number of carbonyl (C=O) groups is 2. The largest absolute Gasteiger partial charge is 0.507 e. The standard InChI is InChI=1S/C45H71NO6/c1-18-34(47)52-33-25-32(42(8,9)10)39(50)37(43(11,12)13)36(33)29-26-44(14,15)46(45(16,17)27-29)21-22-51-35(48)20-19-28-23-30(40(2,3)4)38(49)31(24-28)41(5,6)7/h23-25,29,49-50H,18-22,26-27H2,1-17H3. The van der Waals surface area contributed by atoms with E-state index < -0.39 is 5.41 Å². The molecule has 0 aromatic heterocycles. The summed E-state index contributed by atoms with van der Waals surface area (Å²) in [5.74, 6) is 0.661. The van der Waals surface area contributed by atoms with Crippen LogP contribution in [0.1, 0.15) is 183 Å². The van der Waals surface area contributed by atoms with Gasteiger partial charge in [0.05, 0.1) is 0 Å². The van der Waals surface area contributed by atoms with Crippen LogP contribution in [0.15, 0.2) is 18.2 Å². The van der Waals surface area contributed by atoms with Crippen LogP contribution in [0, 0.1) is 0 Å². The predicted octanol–water partition coefficient (Wildman–Crippen LogP) is 10.5. The Bertz CT molecular complexity index is 1570. The highest BCUT2D eigenvalue weighted by Gasteiger charge is 2.48. The normalized spacial score (nSPS) is 17.2. The molecule has 1 aliphatic rings. The fraction of sp³-hybridized carbons (Fsp3) is 0.689. The summed E-state index contributed by atoms with van der Waals surface area (Å²) >= 11 is 0. The number of likely N-dealkylation sites (tertiary alicyclic amines) is 1. The summed E-state index contributed by atoms with van der Waals surface area (Å²) in [6, 6.07) is 5.96. The summed E-state index contributed by atoms with van der Waals surface area (Å²) < 4.78 is 12.0. The van der Waals surface area contributed by atoms with Crippen molar-refractivity contribution in [2.45, 2.75) is 188 Å². The first-order chi connectivity index (χ1) is 23.4. The maximum absolute atomic E-state index is 13.1. The number of nitrogens with zero attached hydrogens (tertiary/aromatic N) is 1. The summed E-state index contributed by atoms with van der Waals surface area (Å²) in [5, 5.41) is 23.0. The van der Waals surface area contributed by atoms with Crippen molar-refractivity contribution in [2.75, 3.05) is 13.2 Å². The molecule has 0 radical (unpaired) electrons. The average Bonchev–Trinajstić information content (AvgIpc) is 2.95. The molecule has 3 rings (SSSR count). The van der Waals surface area contributed by atoms with Gasteiger partial charge in [0.25, 0.3) is 0 Å². The number of phenolic OH excluding ortho intramolecular Hbond substituents is 2. The summed E-state index contributed by atoms with van der Waals surface area (Å²) in [4.78, 5) is 28.4. The van der Waals surface area contributed by atoms with E-state index in [0.29, 0.717) is 24.5 Å². The molecular formula is C45H71NO6. The van der Waals surface area contributed by atoms with E-state index in [0.717, 1.165) is 46.2 Å². The average molecular weight is 722 g/mol. The number of benzene rings is 2. The van der Waals surface area contributed by atoms with E-state index in [9.17, 15) is 19.8 Å². The van der Waals surface area contributed by atoms with Crippen molar-refractivity contribution in [3.63, 3.8) is 0 Å². The van der Waals surface area contributed by atoms with Gasteiger partial charge in [-0.3, -0.25) is 14.5 Å². The number of ether oxygens (including phenoxy) is 2. The van der Waals surface area contributed by atoms with Crippen molar-refractivity contribution in [1.82, 2.24) is 4.90 Å². The topological polar surface area (TPSA) is 96.3 Å². The number of aromatic hydroxyl groups is 2. The molecule has 0 spiro atoms. The monoisotopic (exact) mass is 722 g/mol. The molecule has 0 unspecified atom stereocenters. The van der Waals surface area contributed by atoms with Crippen molar-refractivity contribution in [3.05, 3.63) is 51.6 Å². The Morgan fingerprint density at radius 1 is 0.731 bits per heavy atom. The Kier molecular flexibility index (Phi) is 12.5. The molecule has 0 saturated carbocycles. The van der Waals surface area contributed by atoms with Gasteiger partial charge in [-0.15, -0.1) is 0 Å². The first kappa shape index (κ1) is 43.3. The van der Waals surface area contributed by atoms with Crippen molar-refractivity contribution < 1.29 is 29.3 Å². The van der Waals surface area contributed by atoms with Gasteiger partial charge in [0, 0.05) is 47.2 Å². The molecule has 292 valence electrons. The van der Waals surface area contributed by atoms with Gasteiger partial charge in [0.1, 0.15) is 23.9 Å². The fourth-order valence-corrected chi connectivity index (χ4v) is 8.36. The summed E-state index contributed by atoms with van der Waals surface area (Å²) in [6.45, 7) is 36.6. The van der Waals surface area contributed by atoms with Crippen LogP contribution in [-0.4, -0.2) is 51.3 Å². The SMILES string of the molecule is CCC(=O)Oc1cc(C(C)(C)C)c(O)c(C(C)(C)C)c1C1CC(C)(C)N(CCOC(=O)CCc2cc(C(C)(C)C)c(O)c(C(C)(C)C)c2)C(C)(C)C1. The van der Waals surface area contributed by atoms with E-state index in [4.69, 9.17) is 9.47 Å². The van der Waals surface area contributed by atoms with E-state index in [1.807, 2.05) is 18.2 Å². The van der Waals surface area contributed by atoms with Gasteiger partial charge in [-0.2, -0.15) is 0 Å². The first-order valence-corrected chi connectivity index (χ1v) is 19.3. The Morgan fingerprint density at radius 3 is 1.62 bits per heavy atom. The van der Waals surface area contributed by atoms with Gasteiger partial charge in [-0.05, 0) is 97.3 Å². The molecule has 52 heavy (non-hydrogen) atoms. The van der Waals surface area contributed by atoms with E-state index >= 15 is 0 Å². The zero-order valence-electron chi connectivity index (χ0n) is 35.7. The van der Waals surface area contributed by atoms with Gasteiger partial charge in [0.15, 0.2) is 0 Å². The van der Waals surface area contributed by atoms with Crippen LogP contribution < -0.4 is 4.74 Å². The minimum Gasteiger partial charge on any atom is -0.507 e. The number of rotatable bonds is 9. The molecule has 0 bridgehead atoms. The van der Waals surface area contributed by atoms with Crippen LogP contribution >= 0.6 is 0 Å². The molecule has 7 nitrogen and oxygen atoms in total. The molecule has 2 N–H and O–H groups in total. The van der Waals surface area contributed by atoms with Crippen LogP contribution in [-0.2, 0) is 42.4 Å². The second kappa shape index (κ2) is 15.0. The number of piperidine rings is 1. The van der Waals surface area contributed by atoms with Crippen molar-refractivity contribution in [3.8, 4) is 17.2 Å². The number of esters is 2. The fourth-order valence-electron chi connectivity index (χ4n) is 8.36. The zero-order chi connectivity index (χ0) is 40.0. The Morgan fingerprint density at radius 2 is 1.19 bits per heavy atom. The van der Waals surface area contributed by atoms with Crippen LogP contribution in [0.4, 0.5) is 0 Å². The molecule has 0 atom stereocenters. The van der Waals surface area contributed by atoms with E-state index in [1.165, 1.54) is 0 Å². The van der Waals surface area contributed by atoms with Gasteiger partial charge < -0.3 is 19.7 Å². The Balaban J connectivity index is 1.85. The highest BCUT2D eigenvalue weighted by molar-refractivity contribution is 5.74. The first-order valence-electron chi connectivity index (χ1n) is 19.3. The van der Waals surface area contributed by atoms with E-state index in [-0.39, 0.29) is 70.4 Å². The highest BCUT2D eigenvalue weighted by atomic mass is 16.5. The lowest BCUT2D eigenvalue weighted by Crippen LogP contribution is -2.61. The Hall–Kier alpha value is -3.06. The zero-order valence-corrected chi connectivity index (χ0v) is 35.7. The van der Waals surface area contributed by atoms with Gasteiger partial charge >= 0.3 is 11.9 Å². The minimum atomic E-state index is -0.406. The van der Waals surface area contributed by atoms with Gasteiger partial charge in [-0.25, -0.2) is 0 Å². The van der Waals surface area contributed by atoms with Crippen molar-refractivity contribution in [1.29, 1.82) is 0 Å². The predicted molar refractivity (Wildman–Crippen MR) is 213 cm³/mol. The summed E-state index contributed by atoms with van der Waals surface area (Å²) in [7, 11) is 0. The summed E-state index contributed by atoms with van der Waals surface area (Å²) in [6.07, 6.45) is 2.59. The molecule has 0 amide bonds. The number of carbonyl (C=O) groups excluding carboxylic acids is 2. The molecule has 0 aliphatic carbocycles. The Labute approximate surface area is 315 Å². The third-order valence-corrected chi connectivity index (χ3v) is 10.7. The lowest BCUT2D eigenvalue weighted by Gasteiger charge is -2.56. The van der Waals surface area contributed by atoms with Gasteiger partial charge in [0.2, 0.25) is 0 Å². The molecule has 1 heterocycles. The van der Waals surface area contributed by atoms with Crippen LogP contribution in [0.25, 0.3) is 0 Å². The number of aryl methyl sites for hydroxylation is 1. The quantitative estimate of drug-likeness (QED) is 0.197. The third-order valence-electron chi connectivity index (χ3n) is 10.7. The molecule has 2 aromatic carbocycles. The third kappa shape index (κ3) is 9.92. The molecular weight excluding hydrogens is 650 g/mol. The lowest BCUT2D eigenvalue weighted by atomic mass is 9.67. The molecule has 1 fully saturated rings. The van der Waals surface area contributed by atoms with Crippen molar-refractivity contribution >= 4 is 11.9 Å². The summed E-state index contributed by atoms with van der Waals surface area (Å²) in [5.41, 5.74) is 3.51. The number of hydrogen-bond donors (Lipinski definition) is 2. The second-order valence-corrected chi connectivity index (χ2v) is 20.5. The molecule has 1 saturated heterocycles.